The van der Waals surface area contributed by atoms with Gasteiger partial charge in [-0.1, -0.05) is 6.08 Å². The molecule has 19 heavy (non-hydrogen) atoms. The lowest BCUT2D eigenvalue weighted by Gasteiger charge is -2.27. The summed E-state index contributed by atoms with van der Waals surface area (Å²) in [6.45, 7) is 13.4. The van der Waals surface area contributed by atoms with Crippen LogP contribution in [0.2, 0.25) is 0 Å². The van der Waals surface area contributed by atoms with Gasteiger partial charge in [-0.05, 0) is 47.0 Å². The van der Waals surface area contributed by atoms with Gasteiger partial charge in [-0.25, -0.2) is 4.79 Å². The van der Waals surface area contributed by atoms with Crippen LogP contribution in [0.1, 0.15) is 47.0 Å². The standard InChI is InChI=1S/C15H27NO3/c1-6-7-8-11-18-15(5)9-10-16(12-15)13(17)19-14(2,3)4/h6H,1,7-12H2,2-5H3. The number of allylic oxidation sites excluding steroid dienone is 1. The van der Waals surface area contributed by atoms with Crippen molar-refractivity contribution in [2.75, 3.05) is 19.7 Å². The lowest BCUT2D eigenvalue weighted by molar-refractivity contribution is -0.0278. The Labute approximate surface area is 116 Å². The third kappa shape index (κ3) is 5.64. The molecule has 0 aromatic heterocycles. The number of carbonyl (C=O) groups is 1. The molecule has 1 rings (SSSR count). The lowest BCUT2D eigenvalue weighted by Crippen LogP contribution is -2.39. The molecule has 1 saturated heterocycles. The Balaban J connectivity index is 2.39. The van der Waals surface area contributed by atoms with Gasteiger partial charge in [0.2, 0.25) is 0 Å². The SMILES string of the molecule is C=CCCCOC1(C)CCN(C(=O)OC(C)(C)C)C1. The monoisotopic (exact) mass is 269 g/mol. The summed E-state index contributed by atoms with van der Waals surface area (Å²) in [4.78, 5) is 13.7. The van der Waals surface area contributed by atoms with Crippen LogP contribution in [0.25, 0.3) is 0 Å². The van der Waals surface area contributed by atoms with Crippen molar-refractivity contribution in [1.29, 1.82) is 0 Å². The van der Waals surface area contributed by atoms with Crippen molar-refractivity contribution in [2.24, 2.45) is 0 Å². The van der Waals surface area contributed by atoms with E-state index >= 15 is 0 Å². The summed E-state index contributed by atoms with van der Waals surface area (Å²) < 4.78 is 11.3. The molecule has 1 unspecified atom stereocenters. The number of amides is 1. The van der Waals surface area contributed by atoms with Gasteiger partial charge in [-0.2, -0.15) is 0 Å². The first kappa shape index (κ1) is 16.0. The van der Waals surface area contributed by atoms with Crippen LogP contribution >= 0.6 is 0 Å². The predicted octanol–water partition coefficient (Wildman–Crippen LogP) is 3.37. The Hall–Kier alpha value is -1.03. The molecule has 1 atom stereocenters. The topological polar surface area (TPSA) is 38.8 Å². The first-order valence-electron chi connectivity index (χ1n) is 6.98. The van der Waals surface area contributed by atoms with Gasteiger partial charge < -0.3 is 14.4 Å². The summed E-state index contributed by atoms with van der Waals surface area (Å²) in [7, 11) is 0. The molecular weight excluding hydrogens is 242 g/mol. The van der Waals surface area contributed by atoms with Gasteiger partial charge in [-0.15, -0.1) is 6.58 Å². The average Bonchev–Trinajstić information content (AvgIpc) is 2.66. The molecule has 0 N–H and O–H groups in total. The highest BCUT2D eigenvalue weighted by Gasteiger charge is 2.38. The molecule has 0 radical (unpaired) electrons. The molecule has 0 aliphatic carbocycles. The molecule has 1 aliphatic rings. The summed E-state index contributed by atoms with van der Waals surface area (Å²) in [6.07, 6.45) is 4.45. The molecule has 4 nitrogen and oxygen atoms in total. The van der Waals surface area contributed by atoms with Crippen LogP contribution in [0.5, 0.6) is 0 Å². The minimum Gasteiger partial charge on any atom is -0.444 e. The fourth-order valence-electron chi connectivity index (χ4n) is 2.08. The Morgan fingerprint density at radius 3 is 2.74 bits per heavy atom. The van der Waals surface area contributed by atoms with Gasteiger partial charge in [-0.3, -0.25) is 0 Å². The minimum atomic E-state index is -0.444. The van der Waals surface area contributed by atoms with Crippen LogP contribution < -0.4 is 0 Å². The van der Waals surface area contributed by atoms with Crippen LogP contribution in [0, 0.1) is 0 Å². The zero-order valence-electron chi connectivity index (χ0n) is 12.7. The van der Waals surface area contributed by atoms with E-state index in [1.54, 1.807) is 4.90 Å². The van der Waals surface area contributed by atoms with E-state index in [1.165, 1.54) is 0 Å². The normalized spacial score (nSPS) is 23.5. The van der Waals surface area contributed by atoms with Crippen molar-refractivity contribution in [3.63, 3.8) is 0 Å². The minimum absolute atomic E-state index is 0.238. The molecule has 0 saturated carbocycles. The quantitative estimate of drug-likeness (QED) is 0.567. The van der Waals surface area contributed by atoms with E-state index in [1.807, 2.05) is 26.8 Å². The smallest absolute Gasteiger partial charge is 0.410 e. The van der Waals surface area contributed by atoms with Crippen LogP contribution in [0.15, 0.2) is 12.7 Å². The van der Waals surface area contributed by atoms with Crippen LogP contribution in [-0.4, -0.2) is 41.9 Å². The lowest BCUT2D eigenvalue weighted by atomic mass is 10.1. The van der Waals surface area contributed by atoms with Crippen molar-refractivity contribution in [3.8, 4) is 0 Å². The number of nitrogens with zero attached hydrogens (tertiary/aromatic N) is 1. The summed E-state index contributed by atoms with van der Waals surface area (Å²) in [5.74, 6) is 0. The Morgan fingerprint density at radius 1 is 1.47 bits per heavy atom. The van der Waals surface area contributed by atoms with E-state index < -0.39 is 5.60 Å². The van der Waals surface area contributed by atoms with Gasteiger partial charge in [0.15, 0.2) is 0 Å². The van der Waals surface area contributed by atoms with Gasteiger partial charge in [0.1, 0.15) is 5.60 Å². The largest absolute Gasteiger partial charge is 0.444 e. The highest BCUT2D eigenvalue weighted by atomic mass is 16.6. The molecule has 1 heterocycles. The number of unbranched alkanes of at least 4 members (excludes halogenated alkanes) is 1. The van der Waals surface area contributed by atoms with Gasteiger partial charge >= 0.3 is 6.09 Å². The molecule has 110 valence electrons. The third-order valence-corrected chi connectivity index (χ3v) is 3.09. The first-order valence-corrected chi connectivity index (χ1v) is 6.98. The molecule has 1 fully saturated rings. The second-order valence-electron chi connectivity index (χ2n) is 6.38. The second kappa shape index (κ2) is 6.42. The van der Waals surface area contributed by atoms with E-state index in [0.717, 1.165) is 19.3 Å². The average molecular weight is 269 g/mol. The molecule has 0 aromatic rings. The van der Waals surface area contributed by atoms with Crippen molar-refractivity contribution in [2.45, 2.75) is 58.2 Å². The summed E-state index contributed by atoms with van der Waals surface area (Å²) >= 11 is 0. The first-order chi connectivity index (χ1) is 8.76. The molecule has 0 bridgehead atoms. The number of ether oxygens (including phenoxy) is 2. The molecule has 0 aromatic carbocycles. The fourth-order valence-corrected chi connectivity index (χ4v) is 2.08. The summed E-state index contributed by atoms with van der Waals surface area (Å²) in [5.41, 5.74) is -0.682. The van der Waals surface area contributed by atoms with Crippen LogP contribution in [-0.2, 0) is 9.47 Å². The van der Waals surface area contributed by atoms with E-state index in [-0.39, 0.29) is 11.7 Å². The maximum atomic E-state index is 12.0. The van der Waals surface area contributed by atoms with Crippen molar-refractivity contribution in [3.05, 3.63) is 12.7 Å². The van der Waals surface area contributed by atoms with Crippen LogP contribution in [0.4, 0.5) is 4.79 Å². The van der Waals surface area contributed by atoms with Gasteiger partial charge in [0.25, 0.3) is 0 Å². The number of hydrogen-bond acceptors (Lipinski definition) is 3. The van der Waals surface area contributed by atoms with E-state index in [9.17, 15) is 4.79 Å². The molecule has 1 aliphatic heterocycles. The third-order valence-electron chi connectivity index (χ3n) is 3.09. The van der Waals surface area contributed by atoms with E-state index in [2.05, 4.69) is 13.5 Å². The Morgan fingerprint density at radius 2 is 2.16 bits per heavy atom. The maximum absolute atomic E-state index is 12.0. The zero-order chi connectivity index (χ0) is 14.5. The predicted molar refractivity (Wildman–Crippen MR) is 76.2 cm³/mol. The number of likely N-dealkylation sites (tertiary alicyclic amines) is 1. The maximum Gasteiger partial charge on any atom is 0.410 e. The highest BCUT2D eigenvalue weighted by Crippen LogP contribution is 2.26. The zero-order valence-corrected chi connectivity index (χ0v) is 12.7. The summed E-state index contributed by atoms with van der Waals surface area (Å²) in [5, 5.41) is 0. The van der Waals surface area contributed by atoms with Crippen molar-refractivity contribution in [1.82, 2.24) is 4.90 Å². The number of carbonyl (C=O) groups excluding carboxylic acids is 1. The van der Waals surface area contributed by atoms with Crippen molar-refractivity contribution >= 4 is 6.09 Å². The summed E-state index contributed by atoms with van der Waals surface area (Å²) in [6, 6.07) is 0. The van der Waals surface area contributed by atoms with E-state index in [0.29, 0.717) is 19.7 Å². The van der Waals surface area contributed by atoms with Crippen molar-refractivity contribution < 1.29 is 14.3 Å². The molecule has 1 amide bonds. The molecule has 0 spiro atoms. The molecule has 4 heteroatoms. The van der Waals surface area contributed by atoms with Gasteiger partial charge in [0.05, 0.1) is 12.1 Å². The van der Waals surface area contributed by atoms with Crippen LogP contribution in [0.3, 0.4) is 0 Å². The number of hydrogen-bond donors (Lipinski definition) is 0. The number of rotatable bonds is 5. The highest BCUT2D eigenvalue weighted by molar-refractivity contribution is 5.68. The van der Waals surface area contributed by atoms with E-state index in [4.69, 9.17) is 9.47 Å². The Bertz CT molecular complexity index is 322. The second-order valence-corrected chi connectivity index (χ2v) is 6.38. The fraction of sp³-hybridized carbons (Fsp3) is 0.800. The Kier molecular flexibility index (Phi) is 5.41. The van der Waals surface area contributed by atoms with Gasteiger partial charge in [0, 0.05) is 13.2 Å². The molecular formula is C15H27NO3.